The molecule has 3 aliphatic rings. The Bertz CT molecular complexity index is 927. The first kappa shape index (κ1) is 17.7. The Kier molecular flexibility index (Phi) is 4.01. The second-order valence-electron chi connectivity index (χ2n) is 7.12. The summed E-state index contributed by atoms with van der Waals surface area (Å²) in [6.07, 6.45) is -0.273. The van der Waals surface area contributed by atoms with Crippen LogP contribution in [0.5, 0.6) is 23.0 Å². The predicted octanol–water partition coefficient (Wildman–Crippen LogP) is 3.52. The molecule has 2 atom stereocenters. The maximum Gasteiger partial charge on any atom is 0.415 e. The van der Waals surface area contributed by atoms with E-state index in [1.54, 1.807) is 21.9 Å². The third-order valence-corrected chi connectivity index (χ3v) is 5.71. The molecule has 0 N–H and O–H groups in total. The summed E-state index contributed by atoms with van der Waals surface area (Å²) in [5, 5.41) is 0. The van der Waals surface area contributed by atoms with Gasteiger partial charge in [-0.15, -0.1) is 0 Å². The molecular formula is C21H20N2O6. The van der Waals surface area contributed by atoms with Gasteiger partial charge >= 0.3 is 12.2 Å². The van der Waals surface area contributed by atoms with Crippen LogP contribution in [0.2, 0.25) is 0 Å². The first-order valence-corrected chi connectivity index (χ1v) is 9.44. The van der Waals surface area contributed by atoms with E-state index < -0.39 is 24.3 Å². The highest BCUT2D eigenvalue weighted by atomic mass is 16.6. The molecule has 0 unspecified atom stereocenters. The van der Waals surface area contributed by atoms with Crippen LogP contribution in [0.1, 0.15) is 29.6 Å². The van der Waals surface area contributed by atoms with Crippen molar-refractivity contribution in [2.45, 2.75) is 18.5 Å². The van der Waals surface area contributed by atoms with E-state index in [0.29, 0.717) is 42.5 Å². The van der Waals surface area contributed by atoms with Crippen LogP contribution in [0.25, 0.3) is 0 Å². The van der Waals surface area contributed by atoms with Crippen molar-refractivity contribution in [3.8, 4) is 23.0 Å². The van der Waals surface area contributed by atoms with Crippen molar-refractivity contribution in [2.24, 2.45) is 0 Å². The van der Waals surface area contributed by atoms with Crippen molar-refractivity contribution >= 4 is 12.2 Å². The van der Waals surface area contributed by atoms with E-state index in [1.165, 1.54) is 14.2 Å². The van der Waals surface area contributed by atoms with Crippen molar-refractivity contribution in [1.29, 1.82) is 0 Å². The third-order valence-electron chi connectivity index (χ3n) is 5.71. The number of carbonyl (C=O) groups excluding carboxylic acids is 2. The van der Waals surface area contributed by atoms with E-state index in [9.17, 15) is 9.59 Å². The molecule has 0 saturated carbocycles. The highest BCUT2D eigenvalue weighted by Crippen LogP contribution is 2.53. The summed E-state index contributed by atoms with van der Waals surface area (Å²) in [7, 11) is 3.07. The van der Waals surface area contributed by atoms with E-state index in [0.717, 1.165) is 11.1 Å². The number of fused-ring (bicyclic) bond motifs is 7. The zero-order chi connectivity index (χ0) is 20.1. The molecule has 5 rings (SSSR count). The molecule has 2 aromatic rings. The number of amides is 2. The molecule has 2 amide bonds. The molecule has 3 heterocycles. The monoisotopic (exact) mass is 396 g/mol. The van der Waals surface area contributed by atoms with Gasteiger partial charge in [-0.1, -0.05) is 24.3 Å². The molecule has 1 fully saturated rings. The highest BCUT2D eigenvalue weighted by Gasteiger charge is 2.49. The third kappa shape index (κ3) is 2.52. The Morgan fingerprint density at radius 3 is 1.66 bits per heavy atom. The molecular weight excluding hydrogens is 376 g/mol. The SMILES string of the molecule is COc1cccc2c1OC(=O)N1CCCN3C(=O)Oc4c(OC)cccc4[C@H]3[C@@H]21. The molecule has 0 bridgehead atoms. The van der Waals surface area contributed by atoms with Gasteiger partial charge < -0.3 is 18.9 Å². The smallest absolute Gasteiger partial charge is 0.415 e. The molecule has 0 aromatic heterocycles. The summed E-state index contributed by atoms with van der Waals surface area (Å²) in [6, 6.07) is 10.2. The van der Waals surface area contributed by atoms with Crippen molar-refractivity contribution in [3.63, 3.8) is 0 Å². The number of para-hydroxylation sites is 2. The van der Waals surface area contributed by atoms with E-state index >= 15 is 0 Å². The molecule has 8 heteroatoms. The lowest BCUT2D eigenvalue weighted by atomic mass is 9.88. The maximum absolute atomic E-state index is 12.9. The zero-order valence-electron chi connectivity index (χ0n) is 16.1. The van der Waals surface area contributed by atoms with Crippen LogP contribution >= 0.6 is 0 Å². The Morgan fingerprint density at radius 1 is 0.793 bits per heavy atom. The lowest BCUT2D eigenvalue weighted by Gasteiger charge is -2.44. The number of hydrogen-bond acceptors (Lipinski definition) is 6. The molecule has 8 nitrogen and oxygen atoms in total. The Labute approximate surface area is 167 Å². The molecule has 3 aliphatic heterocycles. The van der Waals surface area contributed by atoms with Gasteiger partial charge in [0.1, 0.15) is 0 Å². The summed E-state index contributed by atoms with van der Waals surface area (Å²) in [5.74, 6) is 1.75. The predicted molar refractivity (Wildman–Crippen MR) is 102 cm³/mol. The molecule has 29 heavy (non-hydrogen) atoms. The van der Waals surface area contributed by atoms with Crippen molar-refractivity contribution in [2.75, 3.05) is 27.3 Å². The number of rotatable bonds is 2. The molecule has 0 aliphatic carbocycles. The average molecular weight is 396 g/mol. The van der Waals surface area contributed by atoms with Crippen LogP contribution in [0.3, 0.4) is 0 Å². The van der Waals surface area contributed by atoms with Crippen molar-refractivity contribution in [3.05, 3.63) is 47.5 Å². The maximum atomic E-state index is 12.9. The number of hydrogen-bond donors (Lipinski definition) is 0. The molecule has 0 spiro atoms. The number of benzene rings is 2. The molecule has 0 radical (unpaired) electrons. The Hall–Kier alpha value is -3.42. The summed E-state index contributed by atoms with van der Waals surface area (Å²) >= 11 is 0. The van der Waals surface area contributed by atoms with Gasteiger partial charge in [0.2, 0.25) is 0 Å². The van der Waals surface area contributed by atoms with Crippen molar-refractivity contribution < 1.29 is 28.5 Å². The second-order valence-corrected chi connectivity index (χ2v) is 7.12. The van der Waals surface area contributed by atoms with Crippen LogP contribution in [0.4, 0.5) is 9.59 Å². The minimum absolute atomic E-state index is 0.395. The van der Waals surface area contributed by atoms with Crippen LogP contribution in [-0.4, -0.2) is 49.3 Å². The first-order valence-electron chi connectivity index (χ1n) is 9.44. The van der Waals surface area contributed by atoms with Gasteiger partial charge in [-0.05, 0) is 18.6 Å². The fourth-order valence-corrected chi connectivity index (χ4v) is 4.48. The summed E-state index contributed by atoms with van der Waals surface area (Å²) in [4.78, 5) is 29.2. The minimum Gasteiger partial charge on any atom is -0.493 e. The van der Waals surface area contributed by atoms with E-state index in [1.807, 2.05) is 24.3 Å². The minimum atomic E-state index is -0.447. The van der Waals surface area contributed by atoms with Crippen molar-refractivity contribution in [1.82, 2.24) is 9.80 Å². The first-order chi connectivity index (χ1) is 14.1. The van der Waals surface area contributed by atoms with E-state index in [4.69, 9.17) is 18.9 Å². The summed E-state index contributed by atoms with van der Waals surface area (Å²) in [6.45, 7) is 0.944. The lowest BCUT2D eigenvalue weighted by molar-refractivity contribution is 0.0690. The molecule has 150 valence electrons. The quantitative estimate of drug-likeness (QED) is 0.773. The summed E-state index contributed by atoms with van der Waals surface area (Å²) in [5.41, 5.74) is 1.59. The highest BCUT2D eigenvalue weighted by molar-refractivity contribution is 5.80. The van der Waals surface area contributed by atoms with Gasteiger partial charge in [-0.25, -0.2) is 9.59 Å². The molecule has 2 aromatic carbocycles. The van der Waals surface area contributed by atoms with Crippen LogP contribution in [0, 0.1) is 0 Å². The second kappa shape index (κ2) is 6.58. The number of carbonyl (C=O) groups is 2. The lowest BCUT2D eigenvalue weighted by Crippen LogP contribution is -2.48. The van der Waals surface area contributed by atoms with E-state index in [2.05, 4.69) is 0 Å². The van der Waals surface area contributed by atoms with Crippen LogP contribution in [0.15, 0.2) is 36.4 Å². The number of ether oxygens (including phenoxy) is 4. The topological polar surface area (TPSA) is 77.5 Å². The number of nitrogens with zero attached hydrogens (tertiary/aromatic N) is 2. The fourth-order valence-electron chi connectivity index (χ4n) is 4.48. The Morgan fingerprint density at radius 2 is 1.24 bits per heavy atom. The van der Waals surface area contributed by atoms with Gasteiger partial charge in [-0.3, -0.25) is 9.80 Å². The van der Waals surface area contributed by atoms with Crippen LogP contribution < -0.4 is 18.9 Å². The zero-order valence-corrected chi connectivity index (χ0v) is 16.1. The van der Waals surface area contributed by atoms with Gasteiger partial charge in [0.05, 0.1) is 26.3 Å². The Balaban J connectivity index is 1.75. The fraction of sp³-hybridized carbons (Fsp3) is 0.333. The average Bonchev–Trinajstić information content (AvgIpc) is 2.95. The standard InChI is InChI=1S/C21H20N2O6/c1-26-14-8-3-6-12-16-17-13-7-4-9-15(27-2)19(13)29-21(25)23(17)11-5-10-22(16)20(24)28-18(12)14/h3-4,6-9,16-17H,5,10-11H2,1-2H3/t16-,17+. The normalized spacial score (nSPS) is 22.3. The van der Waals surface area contributed by atoms with Gasteiger partial charge in [-0.2, -0.15) is 0 Å². The van der Waals surface area contributed by atoms with Gasteiger partial charge in [0.15, 0.2) is 23.0 Å². The number of methoxy groups -OCH3 is 2. The largest absolute Gasteiger partial charge is 0.493 e. The van der Waals surface area contributed by atoms with Crippen LogP contribution in [-0.2, 0) is 0 Å². The van der Waals surface area contributed by atoms with Gasteiger partial charge in [0.25, 0.3) is 0 Å². The van der Waals surface area contributed by atoms with Gasteiger partial charge in [0, 0.05) is 24.2 Å². The molecule has 1 saturated heterocycles. The summed E-state index contributed by atoms with van der Waals surface area (Å²) < 4.78 is 22.1. The van der Waals surface area contributed by atoms with E-state index in [-0.39, 0.29) is 0 Å².